The number of nitrogens with zero attached hydrogens (tertiary/aromatic N) is 2. The van der Waals surface area contributed by atoms with Crippen molar-refractivity contribution in [1.82, 2.24) is 15.5 Å². The molecule has 1 aromatic carbocycles. The van der Waals surface area contributed by atoms with Crippen LogP contribution in [0.4, 0.5) is 0 Å². The van der Waals surface area contributed by atoms with Crippen molar-refractivity contribution in [2.75, 3.05) is 46.9 Å². The lowest BCUT2D eigenvalue weighted by atomic mass is 10.1. The fraction of sp³-hybridized carbons (Fsp3) is 0.619. The highest BCUT2D eigenvalue weighted by Crippen LogP contribution is 2.28. The van der Waals surface area contributed by atoms with Gasteiger partial charge in [0.2, 0.25) is 5.91 Å². The first kappa shape index (κ1) is 23.6. The SMILES string of the molecule is CCOc1ccc(CCNC(=NCC(=O)N(C)C)NCC(C)C)cc1OCC. The van der Waals surface area contributed by atoms with Crippen LogP contribution in [0, 0.1) is 5.92 Å². The molecule has 0 unspecified atom stereocenters. The number of rotatable bonds is 11. The van der Waals surface area contributed by atoms with Crippen molar-refractivity contribution < 1.29 is 14.3 Å². The molecular formula is C21H36N4O3. The molecule has 0 spiro atoms. The number of aliphatic imine (C=N–C) groups is 1. The van der Waals surface area contributed by atoms with Crippen LogP contribution in [0.15, 0.2) is 23.2 Å². The molecular weight excluding hydrogens is 356 g/mol. The second kappa shape index (κ2) is 12.9. The molecule has 7 heteroatoms. The van der Waals surface area contributed by atoms with E-state index in [9.17, 15) is 4.79 Å². The zero-order valence-electron chi connectivity index (χ0n) is 18.2. The van der Waals surface area contributed by atoms with E-state index in [1.54, 1.807) is 19.0 Å². The average Bonchev–Trinajstić information content (AvgIpc) is 2.65. The molecule has 158 valence electrons. The van der Waals surface area contributed by atoms with Gasteiger partial charge in [0, 0.05) is 27.2 Å². The second-order valence-corrected chi connectivity index (χ2v) is 7.05. The predicted octanol–water partition coefficient (Wildman–Crippen LogP) is 2.31. The van der Waals surface area contributed by atoms with Gasteiger partial charge in [-0.1, -0.05) is 19.9 Å². The molecule has 1 aromatic rings. The van der Waals surface area contributed by atoms with Gasteiger partial charge in [0.1, 0.15) is 6.54 Å². The number of benzene rings is 1. The maximum absolute atomic E-state index is 11.8. The topological polar surface area (TPSA) is 75.2 Å². The predicted molar refractivity (Wildman–Crippen MR) is 114 cm³/mol. The Hall–Kier alpha value is -2.44. The Balaban J connectivity index is 2.69. The van der Waals surface area contributed by atoms with Crippen LogP contribution < -0.4 is 20.1 Å². The summed E-state index contributed by atoms with van der Waals surface area (Å²) in [5.41, 5.74) is 1.15. The van der Waals surface area contributed by atoms with E-state index in [1.807, 2.05) is 32.0 Å². The lowest BCUT2D eigenvalue weighted by Crippen LogP contribution is -2.41. The van der Waals surface area contributed by atoms with Crippen LogP contribution in [0.2, 0.25) is 0 Å². The van der Waals surface area contributed by atoms with Crippen molar-refractivity contribution >= 4 is 11.9 Å². The summed E-state index contributed by atoms with van der Waals surface area (Å²) in [6.07, 6.45) is 0.802. The molecule has 0 fully saturated rings. The molecule has 2 N–H and O–H groups in total. The number of carbonyl (C=O) groups is 1. The largest absolute Gasteiger partial charge is 0.490 e. The summed E-state index contributed by atoms with van der Waals surface area (Å²) in [6.45, 7) is 11.0. The van der Waals surface area contributed by atoms with Crippen molar-refractivity contribution in [3.63, 3.8) is 0 Å². The van der Waals surface area contributed by atoms with Gasteiger partial charge in [-0.2, -0.15) is 0 Å². The zero-order chi connectivity index (χ0) is 20.9. The van der Waals surface area contributed by atoms with Crippen LogP contribution in [0.25, 0.3) is 0 Å². The first-order chi connectivity index (χ1) is 13.4. The van der Waals surface area contributed by atoms with Gasteiger partial charge in [-0.05, 0) is 43.9 Å². The molecule has 0 aliphatic heterocycles. The van der Waals surface area contributed by atoms with Gasteiger partial charge in [0.05, 0.1) is 13.2 Å². The molecule has 1 rings (SSSR count). The smallest absolute Gasteiger partial charge is 0.243 e. The number of hydrogen-bond donors (Lipinski definition) is 2. The van der Waals surface area contributed by atoms with E-state index in [2.05, 4.69) is 29.5 Å². The summed E-state index contributed by atoms with van der Waals surface area (Å²) in [4.78, 5) is 17.7. The van der Waals surface area contributed by atoms with Gasteiger partial charge >= 0.3 is 0 Å². The van der Waals surface area contributed by atoms with E-state index in [0.717, 1.165) is 30.0 Å². The van der Waals surface area contributed by atoms with Crippen LogP contribution >= 0.6 is 0 Å². The molecule has 1 amide bonds. The van der Waals surface area contributed by atoms with Crippen LogP contribution in [0.3, 0.4) is 0 Å². The number of guanidine groups is 1. The molecule has 0 heterocycles. The van der Waals surface area contributed by atoms with Crippen molar-refractivity contribution in [3.05, 3.63) is 23.8 Å². The van der Waals surface area contributed by atoms with E-state index in [1.165, 1.54) is 0 Å². The van der Waals surface area contributed by atoms with Gasteiger partial charge in [-0.25, -0.2) is 4.99 Å². The van der Waals surface area contributed by atoms with Crippen molar-refractivity contribution in [1.29, 1.82) is 0 Å². The Morgan fingerprint density at radius 2 is 1.79 bits per heavy atom. The number of carbonyl (C=O) groups excluding carboxylic acids is 1. The Bertz CT molecular complexity index is 630. The number of amides is 1. The fourth-order valence-corrected chi connectivity index (χ4v) is 2.34. The van der Waals surface area contributed by atoms with Crippen molar-refractivity contribution in [2.24, 2.45) is 10.9 Å². The maximum atomic E-state index is 11.8. The van der Waals surface area contributed by atoms with E-state index in [-0.39, 0.29) is 12.5 Å². The normalized spacial score (nSPS) is 11.3. The van der Waals surface area contributed by atoms with Crippen LogP contribution in [-0.2, 0) is 11.2 Å². The highest BCUT2D eigenvalue weighted by Gasteiger charge is 2.08. The lowest BCUT2D eigenvalue weighted by Gasteiger charge is -2.16. The quantitative estimate of drug-likeness (QED) is 0.446. The third-order valence-electron chi connectivity index (χ3n) is 3.86. The number of hydrogen-bond acceptors (Lipinski definition) is 4. The minimum absolute atomic E-state index is 0.0292. The lowest BCUT2D eigenvalue weighted by molar-refractivity contribution is -0.127. The van der Waals surface area contributed by atoms with E-state index >= 15 is 0 Å². The van der Waals surface area contributed by atoms with Crippen molar-refractivity contribution in [2.45, 2.75) is 34.1 Å². The summed E-state index contributed by atoms with van der Waals surface area (Å²) in [7, 11) is 3.46. The Morgan fingerprint density at radius 3 is 2.39 bits per heavy atom. The molecule has 0 aromatic heterocycles. The molecule has 7 nitrogen and oxygen atoms in total. The zero-order valence-corrected chi connectivity index (χ0v) is 18.2. The third kappa shape index (κ3) is 8.97. The van der Waals surface area contributed by atoms with Gasteiger partial charge < -0.3 is 25.0 Å². The molecule has 28 heavy (non-hydrogen) atoms. The summed E-state index contributed by atoms with van der Waals surface area (Å²) in [5.74, 6) is 2.64. The highest BCUT2D eigenvalue weighted by molar-refractivity contribution is 5.84. The van der Waals surface area contributed by atoms with Crippen LogP contribution in [-0.4, -0.2) is 63.7 Å². The Kier molecular flexibility index (Phi) is 10.8. The maximum Gasteiger partial charge on any atom is 0.243 e. The minimum Gasteiger partial charge on any atom is -0.490 e. The van der Waals surface area contributed by atoms with Crippen LogP contribution in [0.5, 0.6) is 11.5 Å². The van der Waals surface area contributed by atoms with Gasteiger partial charge in [0.15, 0.2) is 17.5 Å². The summed E-state index contributed by atoms with van der Waals surface area (Å²) >= 11 is 0. The molecule has 0 atom stereocenters. The molecule has 0 radical (unpaired) electrons. The molecule has 0 saturated carbocycles. The first-order valence-electron chi connectivity index (χ1n) is 9.98. The monoisotopic (exact) mass is 392 g/mol. The third-order valence-corrected chi connectivity index (χ3v) is 3.86. The fourth-order valence-electron chi connectivity index (χ4n) is 2.34. The molecule has 0 bridgehead atoms. The Labute approximate surface area is 169 Å². The van der Waals surface area contributed by atoms with E-state index < -0.39 is 0 Å². The van der Waals surface area contributed by atoms with Gasteiger partial charge in [-0.15, -0.1) is 0 Å². The number of nitrogens with one attached hydrogen (secondary N) is 2. The molecule has 0 aliphatic carbocycles. The Morgan fingerprint density at radius 1 is 1.11 bits per heavy atom. The summed E-state index contributed by atoms with van der Waals surface area (Å²) < 4.78 is 11.3. The van der Waals surface area contributed by atoms with E-state index in [4.69, 9.17) is 9.47 Å². The molecule has 0 aliphatic rings. The number of likely N-dealkylation sites (N-methyl/N-ethyl adjacent to an activating group) is 1. The standard InChI is InChI=1S/C21H36N4O3/c1-7-27-18-10-9-17(13-19(18)28-8-2)11-12-22-21(23-14-16(3)4)24-15-20(26)25(5)6/h9-10,13,16H,7-8,11-12,14-15H2,1-6H3,(H2,22,23,24). The summed E-state index contributed by atoms with van der Waals surface area (Å²) in [6, 6.07) is 6.01. The van der Waals surface area contributed by atoms with Crippen molar-refractivity contribution in [3.8, 4) is 11.5 Å². The molecule has 0 saturated heterocycles. The number of ether oxygens (including phenoxy) is 2. The average molecular weight is 393 g/mol. The van der Waals surface area contributed by atoms with Gasteiger partial charge in [0.25, 0.3) is 0 Å². The highest BCUT2D eigenvalue weighted by atomic mass is 16.5. The summed E-state index contributed by atoms with van der Waals surface area (Å²) in [5, 5.41) is 6.59. The minimum atomic E-state index is -0.0292. The second-order valence-electron chi connectivity index (χ2n) is 7.05. The first-order valence-corrected chi connectivity index (χ1v) is 9.98. The van der Waals surface area contributed by atoms with Gasteiger partial charge in [-0.3, -0.25) is 4.79 Å². The van der Waals surface area contributed by atoms with Crippen LogP contribution in [0.1, 0.15) is 33.3 Å². The van der Waals surface area contributed by atoms with E-state index in [0.29, 0.717) is 31.6 Å².